The van der Waals surface area contributed by atoms with E-state index in [1.54, 1.807) is 29.2 Å². The number of H-pyrrole nitrogens is 1. The first kappa shape index (κ1) is 19.0. The van der Waals surface area contributed by atoms with Gasteiger partial charge < -0.3 is 20.9 Å². The summed E-state index contributed by atoms with van der Waals surface area (Å²) in [4.78, 5) is 41.5. The third kappa shape index (κ3) is 3.83. The number of aromatic nitrogens is 1. The fourth-order valence-electron chi connectivity index (χ4n) is 3.10. The van der Waals surface area contributed by atoms with Crippen LogP contribution in [0.15, 0.2) is 35.3 Å². The summed E-state index contributed by atoms with van der Waals surface area (Å²) in [5, 5.41) is 2.98. The average Bonchev–Trinajstić information content (AvgIpc) is 3.09. The van der Waals surface area contributed by atoms with Crippen LogP contribution in [0.25, 0.3) is 10.9 Å². The Labute approximate surface area is 151 Å². The van der Waals surface area contributed by atoms with E-state index < -0.39 is 5.91 Å². The maximum Gasteiger partial charge on any atom is 0.257 e. The molecule has 0 radical (unpaired) electrons. The molecule has 3 rings (SSSR count). The summed E-state index contributed by atoms with van der Waals surface area (Å²) in [6.45, 7) is 0.943. The van der Waals surface area contributed by atoms with Crippen LogP contribution in [0.1, 0.15) is 23.2 Å². The van der Waals surface area contributed by atoms with Crippen molar-refractivity contribution in [2.24, 2.45) is 5.73 Å². The number of fused-ring (bicyclic) bond motifs is 1. The molecule has 2 heterocycles. The molecule has 0 saturated carbocycles. The van der Waals surface area contributed by atoms with Gasteiger partial charge in [0.05, 0.1) is 6.54 Å². The fourth-order valence-corrected chi connectivity index (χ4v) is 3.10. The maximum absolute atomic E-state index is 12.4. The number of hydrogen-bond acceptors (Lipinski definition) is 4. The number of amides is 2. The number of nitrogens with zero attached hydrogens (tertiary/aromatic N) is 1. The number of carbonyl (C=O) groups excluding carboxylic acids is 2. The lowest BCUT2D eigenvalue weighted by molar-refractivity contribution is -0.130. The van der Waals surface area contributed by atoms with Crippen LogP contribution in [-0.4, -0.2) is 47.4 Å². The van der Waals surface area contributed by atoms with E-state index in [1.807, 2.05) is 0 Å². The SMILES string of the molecule is Cl.NCC1CCCN1C(=O)CNC(=O)c1c[nH]c2ccccc2c1=O. The summed E-state index contributed by atoms with van der Waals surface area (Å²) in [5.41, 5.74) is 5.97. The van der Waals surface area contributed by atoms with Gasteiger partial charge >= 0.3 is 0 Å². The van der Waals surface area contributed by atoms with Gasteiger partial charge in [-0.1, -0.05) is 12.1 Å². The van der Waals surface area contributed by atoms with Crippen molar-refractivity contribution in [2.45, 2.75) is 18.9 Å². The van der Waals surface area contributed by atoms with E-state index in [0.29, 0.717) is 24.0 Å². The molecule has 1 unspecified atom stereocenters. The zero-order valence-corrected chi connectivity index (χ0v) is 14.5. The number of likely N-dealkylation sites (tertiary alicyclic amines) is 1. The van der Waals surface area contributed by atoms with Crippen LogP contribution >= 0.6 is 12.4 Å². The maximum atomic E-state index is 12.4. The Morgan fingerprint density at radius 3 is 2.84 bits per heavy atom. The van der Waals surface area contributed by atoms with E-state index >= 15 is 0 Å². The van der Waals surface area contributed by atoms with Crippen molar-refractivity contribution in [3.05, 3.63) is 46.2 Å². The summed E-state index contributed by atoms with van der Waals surface area (Å²) in [6, 6.07) is 7.01. The Hall–Kier alpha value is -2.38. The lowest BCUT2D eigenvalue weighted by atomic mass is 10.1. The minimum Gasteiger partial charge on any atom is -0.360 e. The van der Waals surface area contributed by atoms with Gasteiger partial charge in [0.15, 0.2) is 0 Å². The molecule has 1 aromatic carbocycles. The van der Waals surface area contributed by atoms with Crippen LogP contribution in [0.3, 0.4) is 0 Å². The number of hydrogen-bond donors (Lipinski definition) is 3. The Kier molecular flexibility index (Phi) is 6.17. The van der Waals surface area contributed by atoms with Crippen LogP contribution in [0, 0.1) is 0 Å². The lowest BCUT2D eigenvalue weighted by Gasteiger charge is -2.23. The van der Waals surface area contributed by atoms with Gasteiger partial charge in [-0.2, -0.15) is 0 Å². The highest BCUT2D eigenvalue weighted by Gasteiger charge is 2.27. The van der Waals surface area contributed by atoms with E-state index in [1.165, 1.54) is 6.20 Å². The number of pyridine rings is 1. The molecule has 1 aliphatic heterocycles. The Balaban J connectivity index is 0.00000225. The van der Waals surface area contributed by atoms with Gasteiger partial charge in [0.2, 0.25) is 11.3 Å². The minimum absolute atomic E-state index is 0. The van der Waals surface area contributed by atoms with E-state index in [9.17, 15) is 14.4 Å². The van der Waals surface area contributed by atoms with Crippen LogP contribution in [0.2, 0.25) is 0 Å². The van der Waals surface area contributed by atoms with Crippen LogP contribution in [-0.2, 0) is 4.79 Å². The third-order valence-corrected chi connectivity index (χ3v) is 4.40. The predicted molar refractivity (Wildman–Crippen MR) is 97.9 cm³/mol. The number of para-hydroxylation sites is 1. The standard InChI is InChI=1S/C17H20N4O3.ClH/c18-8-11-4-3-7-21(11)15(22)10-20-17(24)13-9-19-14-6-2-1-5-12(14)16(13)23;/h1-2,5-6,9,11H,3-4,7-8,10,18H2,(H,19,23)(H,20,24);1H. The molecule has 0 aliphatic carbocycles. The van der Waals surface area contributed by atoms with E-state index in [2.05, 4.69) is 10.3 Å². The number of benzene rings is 1. The van der Waals surface area contributed by atoms with E-state index in [0.717, 1.165) is 12.8 Å². The van der Waals surface area contributed by atoms with Crippen molar-refractivity contribution in [3.8, 4) is 0 Å². The van der Waals surface area contributed by atoms with Crippen molar-refractivity contribution in [1.82, 2.24) is 15.2 Å². The molecule has 1 aliphatic rings. The molecule has 2 amide bonds. The summed E-state index contributed by atoms with van der Waals surface area (Å²) < 4.78 is 0. The first-order valence-electron chi connectivity index (χ1n) is 8.00. The number of rotatable bonds is 4. The number of nitrogens with one attached hydrogen (secondary N) is 2. The minimum atomic E-state index is -0.557. The molecule has 2 aromatic rings. The monoisotopic (exact) mass is 364 g/mol. The number of aromatic amines is 1. The topological polar surface area (TPSA) is 108 Å². The van der Waals surface area contributed by atoms with Gasteiger partial charge in [0.25, 0.3) is 5.91 Å². The van der Waals surface area contributed by atoms with Crippen molar-refractivity contribution >= 4 is 35.1 Å². The first-order chi connectivity index (χ1) is 11.6. The van der Waals surface area contributed by atoms with E-state index in [-0.39, 0.29) is 41.9 Å². The summed E-state index contributed by atoms with van der Waals surface area (Å²) in [7, 11) is 0. The molecule has 1 atom stereocenters. The number of nitrogens with two attached hydrogens (primary N) is 1. The molecule has 4 N–H and O–H groups in total. The van der Waals surface area contributed by atoms with Crippen molar-refractivity contribution in [2.75, 3.05) is 19.6 Å². The van der Waals surface area contributed by atoms with Gasteiger partial charge in [-0.3, -0.25) is 14.4 Å². The molecule has 1 saturated heterocycles. The van der Waals surface area contributed by atoms with E-state index in [4.69, 9.17) is 5.73 Å². The second-order valence-electron chi connectivity index (χ2n) is 5.88. The summed E-state index contributed by atoms with van der Waals surface area (Å²) >= 11 is 0. The zero-order valence-electron chi connectivity index (χ0n) is 13.7. The normalized spacial score (nSPS) is 16.5. The summed E-state index contributed by atoms with van der Waals surface area (Å²) in [5.74, 6) is -0.729. The average molecular weight is 365 g/mol. The van der Waals surface area contributed by atoms with Gasteiger partial charge in [0, 0.05) is 36.2 Å². The molecule has 1 fully saturated rings. The highest BCUT2D eigenvalue weighted by Crippen LogP contribution is 2.15. The number of halogens is 1. The molecule has 134 valence electrons. The Morgan fingerprint density at radius 1 is 1.32 bits per heavy atom. The largest absolute Gasteiger partial charge is 0.360 e. The molecule has 25 heavy (non-hydrogen) atoms. The highest BCUT2D eigenvalue weighted by molar-refractivity contribution is 5.98. The Morgan fingerprint density at radius 2 is 2.08 bits per heavy atom. The smallest absolute Gasteiger partial charge is 0.257 e. The van der Waals surface area contributed by atoms with Crippen molar-refractivity contribution in [1.29, 1.82) is 0 Å². The second-order valence-corrected chi connectivity index (χ2v) is 5.88. The van der Waals surface area contributed by atoms with Gasteiger partial charge in [0.1, 0.15) is 5.56 Å². The molecule has 8 heteroatoms. The van der Waals surface area contributed by atoms with Crippen LogP contribution in [0.5, 0.6) is 0 Å². The molecule has 7 nitrogen and oxygen atoms in total. The third-order valence-electron chi connectivity index (χ3n) is 4.40. The number of carbonyl (C=O) groups is 2. The second kappa shape index (κ2) is 8.13. The predicted octanol–water partition coefficient (Wildman–Crippen LogP) is 0.629. The lowest BCUT2D eigenvalue weighted by Crippen LogP contribution is -2.45. The molecule has 0 spiro atoms. The quantitative estimate of drug-likeness (QED) is 0.739. The molecular formula is C17H21ClN4O3. The van der Waals surface area contributed by atoms with Gasteiger partial charge in [-0.15, -0.1) is 12.4 Å². The fraction of sp³-hybridized carbons (Fsp3) is 0.353. The van der Waals surface area contributed by atoms with Gasteiger partial charge in [-0.25, -0.2) is 0 Å². The van der Waals surface area contributed by atoms with Crippen LogP contribution < -0.4 is 16.5 Å². The Bertz CT molecular complexity index is 836. The molecule has 0 bridgehead atoms. The zero-order chi connectivity index (χ0) is 17.1. The molecule has 1 aromatic heterocycles. The first-order valence-corrected chi connectivity index (χ1v) is 8.00. The summed E-state index contributed by atoms with van der Waals surface area (Å²) in [6.07, 6.45) is 3.19. The van der Waals surface area contributed by atoms with Crippen LogP contribution in [0.4, 0.5) is 0 Å². The highest BCUT2D eigenvalue weighted by atomic mass is 35.5. The van der Waals surface area contributed by atoms with Crippen molar-refractivity contribution < 1.29 is 9.59 Å². The van der Waals surface area contributed by atoms with Crippen molar-refractivity contribution in [3.63, 3.8) is 0 Å². The van der Waals surface area contributed by atoms with Gasteiger partial charge in [-0.05, 0) is 25.0 Å². The molecular weight excluding hydrogens is 344 g/mol.